The number of methoxy groups -OCH3 is 1. The van der Waals surface area contributed by atoms with Gasteiger partial charge in [0.05, 0.1) is 18.2 Å². The summed E-state index contributed by atoms with van der Waals surface area (Å²) in [4.78, 5) is 16.4. The molecule has 6 heteroatoms. The maximum Gasteiger partial charge on any atom is 0.336 e. The summed E-state index contributed by atoms with van der Waals surface area (Å²) in [6, 6.07) is 12.3. The highest BCUT2D eigenvalue weighted by molar-refractivity contribution is 6.31. The number of aromatic nitrogens is 1. The number of pyridine rings is 1. The number of carboxylic acid groups (broad SMARTS) is 1. The smallest absolute Gasteiger partial charge is 0.336 e. The monoisotopic (exact) mass is 367 g/mol. The minimum Gasteiger partial charge on any atom is -0.493 e. The lowest BCUT2D eigenvalue weighted by atomic mass is 10.0. The van der Waals surface area contributed by atoms with Crippen molar-refractivity contribution in [3.8, 4) is 17.2 Å². The first-order valence-electron chi connectivity index (χ1n) is 7.89. The van der Waals surface area contributed by atoms with Crippen molar-refractivity contribution in [1.82, 2.24) is 4.98 Å². The van der Waals surface area contributed by atoms with E-state index in [1.165, 1.54) is 6.07 Å². The summed E-state index contributed by atoms with van der Waals surface area (Å²) in [6.07, 6.45) is 0. The number of aryl methyl sites for hydroxylation is 1. The minimum atomic E-state index is -1.05. The summed E-state index contributed by atoms with van der Waals surface area (Å²) < 4.78 is 11.2. The van der Waals surface area contributed by atoms with Gasteiger partial charge in [-0.15, -0.1) is 0 Å². The lowest BCUT2D eigenvalue weighted by Crippen LogP contribution is -2.01. The Morgan fingerprint density at radius 2 is 2.04 bits per heavy atom. The Labute approximate surface area is 153 Å². The van der Waals surface area contributed by atoms with Crippen LogP contribution in [0.3, 0.4) is 0 Å². The van der Waals surface area contributed by atoms with E-state index in [1.54, 1.807) is 25.3 Å². The van der Waals surface area contributed by atoms with Gasteiger partial charge in [-0.2, -0.15) is 0 Å². The van der Waals surface area contributed by atoms with E-state index in [9.17, 15) is 9.90 Å². The first-order chi connectivity index (χ1) is 12.5. The maximum absolute atomic E-state index is 11.8. The van der Waals surface area contributed by atoms with Crippen LogP contribution in [0, 0.1) is 6.92 Å². The van der Waals surface area contributed by atoms with Crippen LogP contribution >= 0.6 is 11.6 Å². The van der Waals surface area contributed by atoms with Crippen LogP contribution in [0.1, 0.15) is 15.9 Å². The minimum absolute atomic E-state index is 0.128. The zero-order valence-electron chi connectivity index (χ0n) is 14.0. The van der Waals surface area contributed by atoms with E-state index in [-0.39, 0.29) is 5.56 Å². The van der Waals surface area contributed by atoms with E-state index in [2.05, 4.69) is 4.98 Å². The summed E-state index contributed by atoms with van der Waals surface area (Å²) in [6.45, 7) is 1.85. The predicted octanol–water partition coefficient (Wildman–Crippen LogP) is 5.32. The second-order valence-electron chi connectivity index (χ2n) is 5.97. The number of nitrogens with zero attached hydrogens (tertiary/aromatic N) is 1. The summed E-state index contributed by atoms with van der Waals surface area (Å²) in [7, 11) is 1.57. The van der Waals surface area contributed by atoms with Crippen molar-refractivity contribution < 1.29 is 19.1 Å². The fourth-order valence-corrected chi connectivity index (χ4v) is 3.36. The molecule has 1 N–H and O–H groups in total. The largest absolute Gasteiger partial charge is 0.493 e. The molecular formula is C20H14ClNO4. The van der Waals surface area contributed by atoms with Gasteiger partial charge in [0, 0.05) is 15.8 Å². The topological polar surface area (TPSA) is 72.6 Å². The number of carboxylic acids is 1. The van der Waals surface area contributed by atoms with Crippen molar-refractivity contribution in [1.29, 1.82) is 0 Å². The van der Waals surface area contributed by atoms with E-state index in [1.807, 2.05) is 25.1 Å². The molecule has 0 saturated heterocycles. The average Bonchev–Trinajstić information content (AvgIpc) is 3.05. The summed E-state index contributed by atoms with van der Waals surface area (Å²) in [5.41, 5.74) is 2.54. The quantitative estimate of drug-likeness (QED) is 0.530. The first-order valence-corrected chi connectivity index (χ1v) is 8.27. The van der Waals surface area contributed by atoms with Crippen molar-refractivity contribution in [2.75, 3.05) is 7.11 Å². The number of benzene rings is 2. The zero-order valence-corrected chi connectivity index (χ0v) is 14.8. The SMILES string of the molecule is COc1cccc2cc(-c3cc(C(=O)O)c4cc(Cl)cc(C)c4n3)oc12. The van der Waals surface area contributed by atoms with E-state index >= 15 is 0 Å². The third kappa shape index (κ3) is 2.57. The van der Waals surface area contributed by atoms with Gasteiger partial charge < -0.3 is 14.3 Å². The highest BCUT2D eigenvalue weighted by Crippen LogP contribution is 2.35. The second kappa shape index (κ2) is 6.04. The Balaban J connectivity index is 2.02. The molecule has 0 radical (unpaired) electrons. The molecule has 0 aliphatic rings. The number of hydrogen-bond acceptors (Lipinski definition) is 4. The molecule has 0 fully saturated rings. The van der Waals surface area contributed by atoms with Crippen LogP contribution < -0.4 is 4.74 Å². The molecule has 5 nitrogen and oxygen atoms in total. The highest BCUT2D eigenvalue weighted by Gasteiger charge is 2.18. The van der Waals surface area contributed by atoms with Gasteiger partial charge in [0.15, 0.2) is 17.1 Å². The predicted molar refractivity (Wildman–Crippen MR) is 100 cm³/mol. The molecule has 26 heavy (non-hydrogen) atoms. The van der Waals surface area contributed by atoms with Crippen molar-refractivity contribution in [3.63, 3.8) is 0 Å². The zero-order chi connectivity index (χ0) is 18.4. The van der Waals surface area contributed by atoms with Gasteiger partial charge in [-0.1, -0.05) is 23.7 Å². The van der Waals surface area contributed by atoms with E-state index in [4.69, 9.17) is 20.8 Å². The lowest BCUT2D eigenvalue weighted by Gasteiger charge is -2.08. The maximum atomic E-state index is 11.8. The Kier molecular flexibility index (Phi) is 3.81. The van der Waals surface area contributed by atoms with Crippen LogP contribution in [0.25, 0.3) is 33.3 Å². The van der Waals surface area contributed by atoms with E-state index in [0.717, 1.165) is 10.9 Å². The van der Waals surface area contributed by atoms with E-state index < -0.39 is 5.97 Å². The fourth-order valence-electron chi connectivity index (χ4n) is 3.08. The van der Waals surface area contributed by atoms with Gasteiger partial charge in [0.2, 0.25) is 0 Å². The van der Waals surface area contributed by atoms with Crippen LogP contribution in [0.5, 0.6) is 5.75 Å². The summed E-state index contributed by atoms with van der Waals surface area (Å²) in [5.74, 6) is 0.0354. The summed E-state index contributed by atoms with van der Waals surface area (Å²) in [5, 5.41) is 11.5. The Hall–Kier alpha value is -3.05. The molecule has 0 spiro atoms. The van der Waals surface area contributed by atoms with Gasteiger partial charge in [-0.05, 0) is 42.8 Å². The fraction of sp³-hybridized carbons (Fsp3) is 0.100. The third-order valence-corrected chi connectivity index (χ3v) is 4.50. The molecule has 2 aromatic heterocycles. The molecule has 0 bridgehead atoms. The van der Waals surface area contributed by atoms with Gasteiger partial charge in [0.1, 0.15) is 5.69 Å². The number of para-hydroxylation sites is 1. The molecule has 0 unspecified atom stereocenters. The molecule has 0 saturated carbocycles. The number of ether oxygens (including phenoxy) is 1. The molecule has 2 heterocycles. The molecule has 0 aliphatic heterocycles. The Morgan fingerprint density at radius 3 is 2.77 bits per heavy atom. The Bertz CT molecular complexity index is 1180. The van der Waals surface area contributed by atoms with Crippen LogP contribution in [0.4, 0.5) is 0 Å². The third-order valence-electron chi connectivity index (χ3n) is 4.28. The van der Waals surface area contributed by atoms with Gasteiger partial charge in [-0.25, -0.2) is 9.78 Å². The molecule has 2 aromatic carbocycles. The standard InChI is InChI=1S/C20H14ClNO4/c1-10-6-12(21)8-13-14(20(23)24)9-15(22-18(10)13)17-7-11-4-3-5-16(25-2)19(11)26-17/h3-9H,1-2H3,(H,23,24). The van der Waals surface area contributed by atoms with Crippen molar-refractivity contribution in [2.24, 2.45) is 0 Å². The number of carbonyl (C=O) groups is 1. The molecule has 4 aromatic rings. The number of hydrogen-bond donors (Lipinski definition) is 1. The van der Waals surface area contributed by atoms with Crippen LogP contribution in [0.2, 0.25) is 5.02 Å². The average molecular weight is 368 g/mol. The van der Waals surface area contributed by atoms with Crippen LogP contribution in [0.15, 0.2) is 46.9 Å². The molecular weight excluding hydrogens is 354 g/mol. The number of aromatic carboxylic acids is 1. The van der Waals surface area contributed by atoms with Crippen molar-refractivity contribution in [3.05, 3.63) is 58.6 Å². The van der Waals surface area contributed by atoms with Crippen LogP contribution in [-0.4, -0.2) is 23.2 Å². The molecule has 0 aliphatic carbocycles. The highest BCUT2D eigenvalue weighted by atomic mass is 35.5. The first kappa shape index (κ1) is 16.4. The second-order valence-corrected chi connectivity index (χ2v) is 6.40. The molecule has 4 rings (SSSR count). The van der Waals surface area contributed by atoms with Crippen molar-refractivity contribution >= 4 is 39.4 Å². The number of rotatable bonds is 3. The molecule has 0 atom stereocenters. The normalized spacial score (nSPS) is 11.2. The summed E-state index contributed by atoms with van der Waals surface area (Å²) >= 11 is 6.09. The van der Waals surface area contributed by atoms with Gasteiger partial charge >= 0.3 is 5.97 Å². The van der Waals surface area contributed by atoms with Gasteiger partial charge in [-0.3, -0.25) is 0 Å². The molecule has 130 valence electrons. The molecule has 0 amide bonds. The van der Waals surface area contributed by atoms with Crippen LogP contribution in [-0.2, 0) is 0 Å². The van der Waals surface area contributed by atoms with E-state index in [0.29, 0.717) is 38.7 Å². The number of furan rings is 1. The Morgan fingerprint density at radius 1 is 1.23 bits per heavy atom. The van der Waals surface area contributed by atoms with Crippen molar-refractivity contribution in [2.45, 2.75) is 6.92 Å². The number of fused-ring (bicyclic) bond motifs is 2. The lowest BCUT2D eigenvalue weighted by molar-refractivity contribution is 0.0699. The van der Waals surface area contributed by atoms with Gasteiger partial charge in [0.25, 0.3) is 0 Å². The number of halogens is 1.